The Morgan fingerprint density at radius 1 is 1.27 bits per heavy atom. The normalized spacial score (nSPS) is 27.0. The lowest BCUT2D eigenvalue weighted by Gasteiger charge is -2.42. The highest BCUT2D eigenvalue weighted by Gasteiger charge is 2.50. The van der Waals surface area contributed by atoms with Gasteiger partial charge in [-0.2, -0.15) is 0 Å². The molecule has 142 valence electrons. The third-order valence-corrected chi connectivity index (χ3v) is 7.25. The van der Waals surface area contributed by atoms with Crippen LogP contribution in [0.5, 0.6) is 0 Å². The standard InChI is InChI=1S/C18H27N5O2S/c1-21-13-19-20-17(21)26-11-15(24)22-10-8-18(12-22)7-4-9-23(16(18)25)14-5-2-3-6-14/h13-14H,2-12H2,1H3/t18-/m1/s1. The molecule has 2 amide bonds. The van der Waals surface area contributed by atoms with Crippen molar-refractivity contribution in [3.63, 3.8) is 0 Å². The third kappa shape index (κ3) is 3.23. The van der Waals surface area contributed by atoms with E-state index in [1.807, 2.05) is 16.5 Å². The summed E-state index contributed by atoms with van der Waals surface area (Å²) in [5.74, 6) is 0.760. The molecule has 3 heterocycles. The van der Waals surface area contributed by atoms with Gasteiger partial charge in [0.2, 0.25) is 11.8 Å². The molecule has 4 rings (SSSR count). The predicted molar refractivity (Wildman–Crippen MR) is 98.6 cm³/mol. The van der Waals surface area contributed by atoms with Gasteiger partial charge in [0.1, 0.15) is 6.33 Å². The Bertz CT molecular complexity index is 687. The first kappa shape index (κ1) is 17.8. The number of amides is 2. The van der Waals surface area contributed by atoms with Crippen LogP contribution in [-0.4, -0.2) is 67.8 Å². The first-order valence-corrected chi connectivity index (χ1v) is 10.6. The molecule has 2 saturated heterocycles. The molecule has 1 saturated carbocycles. The van der Waals surface area contributed by atoms with Gasteiger partial charge in [-0.15, -0.1) is 10.2 Å². The molecule has 0 radical (unpaired) electrons. The van der Waals surface area contributed by atoms with Gasteiger partial charge in [0.25, 0.3) is 0 Å². The molecule has 1 aromatic heterocycles. The lowest BCUT2D eigenvalue weighted by Crippen LogP contribution is -2.53. The van der Waals surface area contributed by atoms with Crippen LogP contribution in [0.15, 0.2) is 11.5 Å². The average Bonchev–Trinajstić information content (AvgIpc) is 3.37. The van der Waals surface area contributed by atoms with E-state index in [2.05, 4.69) is 15.1 Å². The zero-order valence-corrected chi connectivity index (χ0v) is 16.2. The van der Waals surface area contributed by atoms with E-state index in [1.54, 1.807) is 6.33 Å². The number of aromatic nitrogens is 3. The van der Waals surface area contributed by atoms with Gasteiger partial charge < -0.3 is 14.4 Å². The van der Waals surface area contributed by atoms with Gasteiger partial charge in [0.15, 0.2) is 5.16 Å². The number of thioether (sulfide) groups is 1. The predicted octanol–water partition coefficient (Wildman–Crippen LogP) is 1.69. The fraction of sp³-hybridized carbons (Fsp3) is 0.778. The Morgan fingerprint density at radius 3 is 2.81 bits per heavy atom. The molecule has 1 spiro atoms. The number of hydrogen-bond donors (Lipinski definition) is 0. The molecule has 0 bridgehead atoms. The molecule has 1 aliphatic carbocycles. The van der Waals surface area contributed by atoms with Gasteiger partial charge in [-0.05, 0) is 32.1 Å². The van der Waals surface area contributed by atoms with Crippen molar-refractivity contribution in [2.24, 2.45) is 12.5 Å². The van der Waals surface area contributed by atoms with Crippen LogP contribution in [0.3, 0.4) is 0 Å². The summed E-state index contributed by atoms with van der Waals surface area (Å²) >= 11 is 1.41. The Labute approximate surface area is 158 Å². The first-order chi connectivity index (χ1) is 12.6. The molecule has 1 aromatic rings. The lowest BCUT2D eigenvalue weighted by atomic mass is 9.77. The quantitative estimate of drug-likeness (QED) is 0.747. The molecular formula is C18H27N5O2S. The second-order valence-corrected chi connectivity index (χ2v) is 8.84. The average molecular weight is 378 g/mol. The van der Waals surface area contributed by atoms with Crippen molar-refractivity contribution in [1.82, 2.24) is 24.6 Å². The molecule has 26 heavy (non-hydrogen) atoms. The second-order valence-electron chi connectivity index (χ2n) is 7.90. The summed E-state index contributed by atoms with van der Waals surface area (Å²) in [7, 11) is 1.87. The van der Waals surface area contributed by atoms with E-state index in [1.165, 1.54) is 24.6 Å². The van der Waals surface area contributed by atoms with Crippen LogP contribution in [-0.2, 0) is 16.6 Å². The maximum Gasteiger partial charge on any atom is 0.233 e. The summed E-state index contributed by atoms with van der Waals surface area (Å²) in [5.41, 5.74) is -0.327. The van der Waals surface area contributed by atoms with Crippen molar-refractivity contribution >= 4 is 23.6 Å². The molecule has 2 aliphatic heterocycles. The van der Waals surface area contributed by atoms with Crippen molar-refractivity contribution in [3.8, 4) is 0 Å². The van der Waals surface area contributed by atoms with E-state index in [4.69, 9.17) is 0 Å². The van der Waals surface area contributed by atoms with Gasteiger partial charge in [0, 0.05) is 32.7 Å². The van der Waals surface area contributed by atoms with Gasteiger partial charge in [-0.1, -0.05) is 24.6 Å². The fourth-order valence-electron chi connectivity index (χ4n) is 4.75. The highest BCUT2D eigenvalue weighted by Crippen LogP contribution is 2.42. The molecular weight excluding hydrogens is 350 g/mol. The SMILES string of the molecule is Cn1cnnc1SCC(=O)N1CC[C@]2(CCCN(C3CCCC3)C2=O)C1. The molecule has 0 unspecified atom stereocenters. The molecule has 8 heteroatoms. The Hall–Kier alpha value is -1.57. The van der Waals surface area contributed by atoms with Crippen LogP contribution in [0, 0.1) is 5.41 Å². The summed E-state index contributed by atoms with van der Waals surface area (Å²) in [4.78, 5) is 29.9. The van der Waals surface area contributed by atoms with E-state index >= 15 is 0 Å². The fourth-order valence-corrected chi connectivity index (χ4v) is 5.54. The number of aryl methyl sites for hydroxylation is 1. The number of nitrogens with zero attached hydrogens (tertiary/aromatic N) is 5. The third-order valence-electron chi connectivity index (χ3n) is 6.24. The van der Waals surface area contributed by atoms with Crippen molar-refractivity contribution in [2.45, 2.75) is 56.1 Å². The number of rotatable bonds is 4. The minimum absolute atomic E-state index is 0.0978. The zero-order valence-electron chi connectivity index (χ0n) is 15.4. The maximum absolute atomic E-state index is 13.3. The smallest absolute Gasteiger partial charge is 0.233 e. The summed E-state index contributed by atoms with van der Waals surface area (Å²) in [5, 5.41) is 8.59. The molecule has 3 fully saturated rings. The second kappa shape index (κ2) is 7.21. The molecule has 0 aromatic carbocycles. The van der Waals surface area contributed by atoms with Crippen molar-refractivity contribution in [3.05, 3.63) is 6.33 Å². The van der Waals surface area contributed by atoms with Gasteiger partial charge in [-0.3, -0.25) is 9.59 Å². The Morgan fingerprint density at radius 2 is 2.08 bits per heavy atom. The van der Waals surface area contributed by atoms with Gasteiger partial charge >= 0.3 is 0 Å². The number of carbonyl (C=O) groups is 2. The summed E-state index contributed by atoms with van der Waals surface area (Å²) < 4.78 is 1.81. The minimum atomic E-state index is -0.327. The highest BCUT2D eigenvalue weighted by atomic mass is 32.2. The monoisotopic (exact) mass is 377 g/mol. The number of likely N-dealkylation sites (tertiary alicyclic amines) is 2. The maximum atomic E-state index is 13.3. The van der Waals surface area contributed by atoms with Crippen LogP contribution < -0.4 is 0 Å². The minimum Gasteiger partial charge on any atom is -0.341 e. The van der Waals surface area contributed by atoms with Crippen LogP contribution in [0.1, 0.15) is 44.9 Å². The number of hydrogen-bond acceptors (Lipinski definition) is 5. The van der Waals surface area contributed by atoms with Crippen LogP contribution >= 0.6 is 11.8 Å². The van der Waals surface area contributed by atoms with Crippen LogP contribution in [0.4, 0.5) is 0 Å². The summed E-state index contributed by atoms with van der Waals surface area (Å²) in [6.07, 6.45) is 9.23. The molecule has 1 atom stereocenters. The van der Waals surface area contributed by atoms with Crippen LogP contribution in [0.2, 0.25) is 0 Å². The molecule has 0 N–H and O–H groups in total. The summed E-state index contributed by atoms with van der Waals surface area (Å²) in [6, 6.07) is 0.441. The van der Waals surface area contributed by atoms with Gasteiger partial charge in [-0.25, -0.2) is 0 Å². The Kier molecular flexibility index (Phi) is 4.94. The number of carbonyl (C=O) groups excluding carboxylic acids is 2. The van der Waals surface area contributed by atoms with E-state index < -0.39 is 0 Å². The van der Waals surface area contributed by atoms with Crippen molar-refractivity contribution in [1.29, 1.82) is 0 Å². The van der Waals surface area contributed by atoms with E-state index in [0.717, 1.165) is 43.8 Å². The van der Waals surface area contributed by atoms with E-state index in [-0.39, 0.29) is 11.3 Å². The first-order valence-electron chi connectivity index (χ1n) is 9.65. The van der Waals surface area contributed by atoms with E-state index in [9.17, 15) is 9.59 Å². The highest BCUT2D eigenvalue weighted by molar-refractivity contribution is 7.99. The molecule has 3 aliphatic rings. The largest absolute Gasteiger partial charge is 0.341 e. The Balaban J connectivity index is 1.37. The topological polar surface area (TPSA) is 71.3 Å². The van der Waals surface area contributed by atoms with Crippen molar-refractivity contribution in [2.75, 3.05) is 25.4 Å². The van der Waals surface area contributed by atoms with Crippen LogP contribution in [0.25, 0.3) is 0 Å². The zero-order chi connectivity index (χ0) is 18.1. The summed E-state index contributed by atoms with van der Waals surface area (Å²) in [6.45, 7) is 2.19. The van der Waals surface area contributed by atoms with Crippen molar-refractivity contribution < 1.29 is 9.59 Å². The van der Waals surface area contributed by atoms with Gasteiger partial charge in [0.05, 0.1) is 11.2 Å². The molecule has 7 nitrogen and oxygen atoms in total. The van der Waals surface area contributed by atoms with E-state index in [0.29, 0.717) is 30.8 Å². The lowest BCUT2D eigenvalue weighted by molar-refractivity contribution is -0.148. The number of piperidine rings is 1.